The molecule has 0 amide bonds. The van der Waals surface area contributed by atoms with Crippen LogP contribution >= 0.6 is 0 Å². The minimum absolute atomic E-state index is 0.0994. The van der Waals surface area contributed by atoms with Gasteiger partial charge in [-0.3, -0.25) is 4.79 Å². The second kappa shape index (κ2) is 4.94. The van der Waals surface area contributed by atoms with E-state index in [-0.39, 0.29) is 11.9 Å². The Morgan fingerprint density at radius 3 is 2.74 bits per heavy atom. The summed E-state index contributed by atoms with van der Waals surface area (Å²) in [6, 6.07) is 10.1. The number of benzene rings is 1. The van der Waals surface area contributed by atoms with E-state index in [0.717, 1.165) is 12.0 Å². The van der Waals surface area contributed by atoms with Gasteiger partial charge in [0.25, 0.3) is 0 Å². The van der Waals surface area contributed by atoms with Crippen LogP contribution < -0.4 is 0 Å². The molecule has 19 heavy (non-hydrogen) atoms. The Morgan fingerprint density at radius 1 is 1.26 bits per heavy atom. The summed E-state index contributed by atoms with van der Waals surface area (Å²) >= 11 is 0. The van der Waals surface area contributed by atoms with Gasteiger partial charge in [-0.15, -0.1) is 0 Å². The molecule has 2 fully saturated rings. The molecule has 102 valence electrons. The molecule has 0 N–H and O–H groups in total. The summed E-state index contributed by atoms with van der Waals surface area (Å²) in [5, 5.41) is 0. The van der Waals surface area contributed by atoms with Crippen molar-refractivity contribution in [1.82, 2.24) is 0 Å². The Balaban J connectivity index is 2.03. The predicted molar refractivity (Wildman–Crippen MR) is 68.6 cm³/mol. The molecule has 0 saturated carbocycles. The first-order valence-electron chi connectivity index (χ1n) is 6.65. The zero-order chi connectivity index (χ0) is 13.3. The number of esters is 1. The summed E-state index contributed by atoms with van der Waals surface area (Å²) < 4.78 is 16.3. The zero-order valence-electron chi connectivity index (χ0n) is 11.0. The smallest absolute Gasteiger partial charge is 0.317 e. The molecule has 1 aromatic carbocycles. The molecule has 3 atom stereocenters. The number of rotatable bonds is 2. The van der Waals surface area contributed by atoms with Crippen LogP contribution in [0.1, 0.15) is 24.3 Å². The number of ether oxygens (including phenoxy) is 3. The molecular weight excluding hydrogens is 244 g/mol. The Kier molecular flexibility index (Phi) is 3.29. The van der Waals surface area contributed by atoms with Crippen molar-refractivity contribution < 1.29 is 19.0 Å². The molecule has 4 nitrogen and oxygen atoms in total. The molecule has 2 aliphatic heterocycles. The molecule has 2 heterocycles. The third kappa shape index (κ3) is 1.86. The van der Waals surface area contributed by atoms with Crippen LogP contribution in [0.25, 0.3) is 0 Å². The summed E-state index contributed by atoms with van der Waals surface area (Å²) in [4.78, 5) is 12.4. The number of hydrogen-bond donors (Lipinski definition) is 0. The second-order valence-electron chi connectivity index (χ2n) is 5.11. The van der Waals surface area contributed by atoms with Gasteiger partial charge in [-0.25, -0.2) is 0 Å². The molecule has 2 saturated heterocycles. The largest absolute Gasteiger partial charge is 0.468 e. The molecule has 0 radical (unpaired) electrons. The van der Waals surface area contributed by atoms with Crippen molar-refractivity contribution in [1.29, 1.82) is 0 Å². The lowest BCUT2D eigenvalue weighted by Crippen LogP contribution is -2.49. The summed E-state index contributed by atoms with van der Waals surface area (Å²) in [6.45, 7) is 1.16. The Morgan fingerprint density at radius 2 is 2.00 bits per heavy atom. The summed E-state index contributed by atoms with van der Waals surface area (Å²) in [5.74, 6) is -0.119. The van der Waals surface area contributed by atoms with Gasteiger partial charge in [0.1, 0.15) is 5.41 Å². The van der Waals surface area contributed by atoms with Gasteiger partial charge in [-0.05, 0) is 18.4 Å². The number of carbonyl (C=O) groups is 1. The lowest BCUT2D eigenvalue weighted by Gasteiger charge is -2.42. The van der Waals surface area contributed by atoms with Crippen LogP contribution in [-0.2, 0) is 19.0 Å². The van der Waals surface area contributed by atoms with Crippen molar-refractivity contribution in [2.24, 2.45) is 5.41 Å². The molecule has 0 aromatic heterocycles. The van der Waals surface area contributed by atoms with Gasteiger partial charge in [0.2, 0.25) is 0 Å². The average molecular weight is 262 g/mol. The van der Waals surface area contributed by atoms with Crippen molar-refractivity contribution >= 4 is 5.97 Å². The lowest BCUT2D eigenvalue weighted by atomic mass is 9.67. The molecular formula is C15H18O4. The molecule has 3 rings (SSSR count). The van der Waals surface area contributed by atoms with Crippen LogP contribution in [0.5, 0.6) is 0 Å². The average Bonchev–Trinajstić information content (AvgIpc) is 2.92. The fourth-order valence-corrected chi connectivity index (χ4v) is 3.37. The van der Waals surface area contributed by atoms with Gasteiger partial charge < -0.3 is 14.2 Å². The van der Waals surface area contributed by atoms with Crippen LogP contribution in [0, 0.1) is 5.41 Å². The quantitative estimate of drug-likeness (QED) is 0.766. The molecule has 0 aliphatic carbocycles. The number of methoxy groups -OCH3 is 1. The first-order valence-corrected chi connectivity index (χ1v) is 6.65. The maximum Gasteiger partial charge on any atom is 0.317 e. The van der Waals surface area contributed by atoms with Crippen molar-refractivity contribution in [3.63, 3.8) is 0 Å². The Hall–Kier alpha value is -1.39. The van der Waals surface area contributed by atoms with E-state index in [2.05, 4.69) is 12.1 Å². The Labute approximate surface area is 112 Å². The van der Waals surface area contributed by atoms with Gasteiger partial charge in [-0.2, -0.15) is 0 Å². The van der Waals surface area contributed by atoms with Gasteiger partial charge in [0, 0.05) is 5.92 Å². The molecule has 4 heteroatoms. The summed E-state index contributed by atoms with van der Waals surface area (Å²) in [5.41, 5.74) is 0.473. The predicted octanol–water partition coefficient (Wildman–Crippen LogP) is 2.10. The van der Waals surface area contributed by atoms with Gasteiger partial charge in [0.05, 0.1) is 20.3 Å². The summed E-state index contributed by atoms with van der Waals surface area (Å²) in [6.07, 6.45) is 1.00. The van der Waals surface area contributed by atoms with Crippen LogP contribution in [-0.4, -0.2) is 32.6 Å². The highest BCUT2D eigenvalue weighted by Gasteiger charge is 2.59. The minimum Gasteiger partial charge on any atom is -0.468 e. The first-order chi connectivity index (χ1) is 9.29. The van der Waals surface area contributed by atoms with Gasteiger partial charge >= 0.3 is 5.97 Å². The van der Waals surface area contributed by atoms with E-state index in [9.17, 15) is 4.79 Å². The van der Waals surface area contributed by atoms with Crippen molar-refractivity contribution in [3.05, 3.63) is 35.9 Å². The van der Waals surface area contributed by atoms with Crippen molar-refractivity contribution in [3.8, 4) is 0 Å². The van der Waals surface area contributed by atoms with Crippen LogP contribution in [0.15, 0.2) is 30.3 Å². The van der Waals surface area contributed by atoms with E-state index in [1.807, 2.05) is 18.2 Å². The van der Waals surface area contributed by atoms with Crippen LogP contribution in [0.2, 0.25) is 0 Å². The molecule has 1 unspecified atom stereocenters. The van der Waals surface area contributed by atoms with Crippen molar-refractivity contribution in [2.45, 2.75) is 25.0 Å². The number of hydrogen-bond acceptors (Lipinski definition) is 4. The lowest BCUT2D eigenvalue weighted by molar-refractivity contribution is -0.209. The molecule has 0 bridgehead atoms. The van der Waals surface area contributed by atoms with E-state index in [1.165, 1.54) is 7.11 Å². The highest BCUT2D eigenvalue weighted by Crippen LogP contribution is 2.52. The maximum absolute atomic E-state index is 12.4. The van der Waals surface area contributed by atoms with E-state index >= 15 is 0 Å². The number of carbonyl (C=O) groups excluding carboxylic acids is 1. The normalized spacial score (nSPS) is 33.7. The first kappa shape index (κ1) is 12.6. The zero-order valence-corrected chi connectivity index (χ0v) is 11.0. The highest BCUT2D eigenvalue weighted by atomic mass is 16.7. The highest BCUT2D eigenvalue weighted by molar-refractivity contribution is 5.79. The molecule has 2 aliphatic rings. The third-order valence-corrected chi connectivity index (χ3v) is 4.27. The van der Waals surface area contributed by atoms with Gasteiger partial charge in [-0.1, -0.05) is 30.3 Å². The third-order valence-electron chi connectivity index (χ3n) is 4.27. The topological polar surface area (TPSA) is 44.8 Å². The van der Waals surface area contributed by atoms with E-state index in [1.54, 1.807) is 0 Å². The van der Waals surface area contributed by atoms with E-state index in [4.69, 9.17) is 14.2 Å². The molecule has 1 aromatic rings. The monoisotopic (exact) mass is 262 g/mol. The second-order valence-corrected chi connectivity index (χ2v) is 5.11. The molecule has 0 spiro atoms. The fourth-order valence-electron chi connectivity index (χ4n) is 3.37. The van der Waals surface area contributed by atoms with Crippen LogP contribution in [0.3, 0.4) is 0 Å². The minimum atomic E-state index is -0.686. The van der Waals surface area contributed by atoms with E-state index in [0.29, 0.717) is 19.6 Å². The fraction of sp³-hybridized carbons (Fsp3) is 0.533. The maximum atomic E-state index is 12.4. The van der Waals surface area contributed by atoms with Crippen LogP contribution in [0.4, 0.5) is 0 Å². The summed E-state index contributed by atoms with van der Waals surface area (Å²) in [7, 11) is 1.43. The van der Waals surface area contributed by atoms with Crippen molar-refractivity contribution in [2.75, 3.05) is 20.3 Å². The standard InChI is InChI=1S/C15H18O4/c1-17-13(16)15-8-10-19-14(15)18-9-7-12(15)11-5-3-2-4-6-11/h2-6,12,14H,7-10H2,1H3/t12-,14?,15-/m1/s1. The van der Waals surface area contributed by atoms with Gasteiger partial charge in [0.15, 0.2) is 6.29 Å². The van der Waals surface area contributed by atoms with E-state index < -0.39 is 11.7 Å². The number of fused-ring (bicyclic) bond motifs is 1. The SMILES string of the molecule is COC(=O)[C@]12CCOC1OCC[C@@H]2c1ccccc1. The Bertz CT molecular complexity index is 458.